The standard InChI is InChI=1S/C14H11NO4S/c16-11-7-5-10(6-8-11)13(17)9-20-14-4-2-1-3-12(14)15(18)19/h1-8,16H,9H2. The summed E-state index contributed by atoms with van der Waals surface area (Å²) in [6.45, 7) is 0. The number of ketones is 1. The maximum Gasteiger partial charge on any atom is 0.282 e. The van der Waals surface area contributed by atoms with E-state index in [-0.39, 0.29) is 23.0 Å². The Morgan fingerprint density at radius 3 is 2.45 bits per heavy atom. The Kier molecular flexibility index (Phi) is 4.37. The predicted octanol–water partition coefficient (Wildman–Crippen LogP) is 3.28. The minimum absolute atomic E-state index is 0.00370. The van der Waals surface area contributed by atoms with Crippen molar-refractivity contribution >= 4 is 23.2 Å². The lowest BCUT2D eigenvalue weighted by Crippen LogP contribution is -2.02. The molecule has 0 amide bonds. The minimum atomic E-state index is -0.465. The molecule has 0 aromatic heterocycles. The van der Waals surface area contributed by atoms with Crippen molar-refractivity contribution in [1.29, 1.82) is 0 Å². The minimum Gasteiger partial charge on any atom is -0.508 e. The molecule has 0 aliphatic carbocycles. The molecular weight excluding hydrogens is 278 g/mol. The number of nitro groups is 1. The molecule has 0 heterocycles. The van der Waals surface area contributed by atoms with Gasteiger partial charge in [0.2, 0.25) is 0 Å². The van der Waals surface area contributed by atoms with Crippen LogP contribution in [-0.4, -0.2) is 21.6 Å². The number of carbonyl (C=O) groups excluding carboxylic acids is 1. The van der Waals surface area contributed by atoms with Crippen molar-refractivity contribution in [3.63, 3.8) is 0 Å². The van der Waals surface area contributed by atoms with E-state index < -0.39 is 4.92 Å². The molecule has 6 heteroatoms. The molecule has 0 unspecified atom stereocenters. The second-order valence-electron chi connectivity index (χ2n) is 3.98. The van der Waals surface area contributed by atoms with E-state index in [4.69, 9.17) is 5.11 Å². The fraction of sp³-hybridized carbons (Fsp3) is 0.0714. The van der Waals surface area contributed by atoms with Crippen LogP contribution in [0.3, 0.4) is 0 Å². The zero-order valence-corrected chi connectivity index (χ0v) is 11.2. The first-order valence-electron chi connectivity index (χ1n) is 5.76. The molecule has 0 bridgehead atoms. The molecule has 20 heavy (non-hydrogen) atoms. The van der Waals surface area contributed by atoms with Gasteiger partial charge < -0.3 is 5.11 Å². The summed E-state index contributed by atoms with van der Waals surface area (Å²) >= 11 is 1.13. The number of benzene rings is 2. The van der Waals surface area contributed by atoms with Gasteiger partial charge in [-0.1, -0.05) is 12.1 Å². The number of hydrogen-bond acceptors (Lipinski definition) is 5. The Morgan fingerprint density at radius 1 is 1.15 bits per heavy atom. The average molecular weight is 289 g/mol. The summed E-state index contributed by atoms with van der Waals surface area (Å²) in [7, 11) is 0. The first-order valence-corrected chi connectivity index (χ1v) is 6.75. The Hall–Kier alpha value is -2.34. The molecule has 0 radical (unpaired) electrons. The molecule has 0 spiro atoms. The van der Waals surface area contributed by atoms with Crippen LogP contribution in [0.15, 0.2) is 53.4 Å². The van der Waals surface area contributed by atoms with Crippen LogP contribution in [-0.2, 0) is 0 Å². The number of hydrogen-bond donors (Lipinski definition) is 1. The largest absolute Gasteiger partial charge is 0.508 e. The van der Waals surface area contributed by atoms with Crippen LogP contribution in [0, 0.1) is 10.1 Å². The van der Waals surface area contributed by atoms with Crippen molar-refractivity contribution in [1.82, 2.24) is 0 Å². The van der Waals surface area contributed by atoms with Crippen LogP contribution >= 0.6 is 11.8 Å². The quantitative estimate of drug-likeness (QED) is 0.395. The molecule has 2 rings (SSSR count). The van der Waals surface area contributed by atoms with E-state index in [1.54, 1.807) is 18.2 Å². The zero-order chi connectivity index (χ0) is 14.5. The molecule has 2 aromatic carbocycles. The normalized spacial score (nSPS) is 10.2. The Morgan fingerprint density at radius 2 is 1.80 bits per heavy atom. The number of thioether (sulfide) groups is 1. The number of nitro benzene ring substituents is 1. The topological polar surface area (TPSA) is 80.4 Å². The van der Waals surface area contributed by atoms with Crippen molar-refractivity contribution in [3.05, 3.63) is 64.2 Å². The van der Waals surface area contributed by atoms with Crippen LogP contribution in [0.5, 0.6) is 5.75 Å². The van der Waals surface area contributed by atoms with E-state index in [9.17, 15) is 14.9 Å². The second kappa shape index (κ2) is 6.21. The predicted molar refractivity (Wildman–Crippen MR) is 76.3 cm³/mol. The summed E-state index contributed by atoms with van der Waals surface area (Å²) < 4.78 is 0. The summed E-state index contributed by atoms with van der Waals surface area (Å²) in [5, 5.41) is 20.0. The first kappa shape index (κ1) is 14.1. The Balaban J connectivity index is 2.07. The van der Waals surface area contributed by atoms with Gasteiger partial charge in [0.25, 0.3) is 5.69 Å². The summed E-state index contributed by atoms with van der Waals surface area (Å²) in [6.07, 6.45) is 0. The van der Waals surface area contributed by atoms with Gasteiger partial charge in [-0.3, -0.25) is 14.9 Å². The van der Waals surface area contributed by atoms with Crippen LogP contribution in [0.4, 0.5) is 5.69 Å². The highest BCUT2D eigenvalue weighted by molar-refractivity contribution is 8.00. The number of nitrogens with zero attached hydrogens (tertiary/aromatic N) is 1. The number of Topliss-reactive ketones (excluding diaryl/α,β-unsaturated/α-hetero) is 1. The van der Waals surface area contributed by atoms with Crippen LogP contribution in [0.2, 0.25) is 0 Å². The lowest BCUT2D eigenvalue weighted by molar-refractivity contribution is -0.387. The van der Waals surface area contributed by atoms with Gasteiger partial charge >= 0.3 is 0 Å². The molecule has 0 atom stereocenters. The molecule has 1 N–H and O–H groups in total. The Bertz CT molecular complexity index is 640. The third-order valence-corrected chi connectivity index (χ3v) is 3.67. The number of phenolic OH excluding ortho intramolecular Hbond substituents is 1. The van der Waals surface area contributed by atoms with Crippen molar-refractivity contribution in [2.45, 2.75) is 4.90 Å². The van der Waals surface area contributed by atoms with Gasteiger partial charge in [0.1, 0.15) is 5.75 Å². The average Bonchev–Trinajstić information content (AvgIpc) is 2.45. The monoisotopic (exact) mass is 289 g/mol. The fourth-order valence-electron chi connectivity index (χ4n) is 1.60. The van der Waals surface area contributed by atoms with E-state index in [0.29, 0.717) is 10.5 Å². The SMILES string of the molecule is O=C(CSc1ccccc1[N+](=O)[O-])c1ccc(O)cc1. The number of para-hydroxylation sites is 1. The van der Waals surface area contributed by atoms with E-state index in [0.717, 1.165) is 11.8 Å². The maximum atomic E-state index is 11.9. The van der Waals surface area contributed by atoms with Crippen molar-refractivity contribution < 1.29 is 14.8 Å². The summed E-state index contributed by atoms with van der Waals surface area (Å²) in [5.74, 6) is 0.0522. The number of carbonyl (C=O) groups is 1. The molecule has 0 aliphatic heterocycles. The van der Waals surface area contributed by atoms with E-state index >= 15 is 0 Å². The molecule has 2 aromatic rings. The highest BCUT2D eigenvalue weighted by atomic mass is 32.2. The maximum absolute atomic E-state index is 11.9. The van der Waals surface area contributed by atoms with E-state index in [1.165, 1.54) is 30.3 Å². The second-order valence-corrected chi connectivity index (χ2v) is 5.00. The van der Waals surface area contributed by atoms with Gasteiger partial charge in [0.05, 0.1) is 15.6 Å². The summed E-state index contributed by atoms with van der Waals surface area (Å²) in [4.78, 5) is 22.8. The van der Waals surface area contributed by atoms with Gasteiger partial charge in [0, 0.05) is 11.6 Å². The number of rotatable bonds is 5. The molecule has 0 aliphatic rings. The van der Waals surface area contributed by atoms with Crippen LogP contribution in [0.1, 0.15) is 10.4 Å². The first-order chi connectivity index (χ1) is 9.58. The number of phenols is 1. The van der Waals surface area contributed by atoms with E-state index in [1.807, 2.05) is 0 Å². The lowest BCUT2D eigenvalue weighted by atomic mass is 10.1. The van der Waals surface area contributed by atoms with Crippen molar-refractivity contribution in [2.24, 2.45) is 0 Å². The van der Waals surface area contributed by atoms with Crippen molar-refractivity contribution in [2.75, 3.05) is 5.75 Å². The molecule has 0 saturated carbocycles. The van der Waals surface area contributed by atoms with Gasteiger partial charge in [-0.2, -0.15) is 0 Å². The number of aromatic hydroxyl groups is 1. The molecular formula is C14H11NO4S. The van der Waals surface area contributed by atoms with Gasteiger partial charge in [-0.25, -0.2) is 0 Å². The van der Waals surface area contributed by atoms with Crippen LogP contribution < -0.4 is 0 Å². The fourth-order valence-corrected chi connectivity index (χ4v) is 2.52. The highest BCUT2D eigenvalue weighted by Gasteiger charge is 2.14. The summed E-state index contributed by atoms with van der Waals surface area (Å²) in [5.41, 5.74) is 0.463. The Labute approximate surface area is 119 Å². The van der Waals surface area contributed by atoms with Gasteiger partial charge in [-0.05, 0) is 30.3 Å². The lowest BCUT2D eigenvalue weighted by Gasteiger charge is -2.03. The molecule has 0 saturated heterocycles. The smallest absolute Gasteiger partial charge is 0.282 e. The van der Waals surface area contributed by atoms with E-state index in [2.05, 4.69) is 0 Å². The highest BCUT2D eigenvalue weighted by Crippen LogP contribution is 2.29. The molecule has 5 nitrogen and oxygen atoms in total. The van der Waals surface area contributed by atoms with Gasteiger partial charge in [-0.15, -0.1) is 11.8 Å². The third kappa shape index (κ3) is 3.36. The summed E-state index contributed by atoms with van der Waals surface area (Å²) in [6, 6.07) is 12.2. The van der Waals surface area contributed by atoms with Crippen LogP contribution in [0.25, 0.3) is 0 Å². The molecule has 102 valence electrons. The third-order valence-electron chi connectivity index (χ3n) is 2.61. The zero-order valence-electron chi connectivity index (χ0n) is 10.4. The van der Waals surface area contributed by atoms with Gasteiger partial charge in [0.15, 0.2) is 5.78 Å². The molecule has 0 fully saturated rings. The van der Waals surface area contributed by atoms with Crippen molar-refractivity contribution in [3.8, 4) is 5.75 Å².